The zero-order valence-corrected chi connectivity index (χ0v) is 17.8. The summed E-state index contributed by atoms with van der Waals surface area (Å²) >= 11 is 1.49. The Morgan fingerprint density at radius 1 is 0.906 bits per heavy atom. The Balaban J connectivity index is 1.46. The summed E-state index contributed by atoms with van der Waals surface area (Å²) in [6.45, 7) is 0.831. The van der Waals surface area contributed by atoms with Gasteiger partial charge in [0.25, 0.3) is 5.56 Å². The van der Waals surface area contributed by atoms with Gasteiger partial charge < -0.3 is 4.74 Å². The van der Waals surface area contributed by atoms with Gasteiger partial charge in [-0.3, -0.25) is 13.8 Å². The van der Waals surface area contributed by atoms with E-state index in [1.54, 1.807) is 16.7 Å². The molecule has 5 rings (SSSR count). The maximum Gasteiger partial charge on any atom is 0.263 e. The molecule has 160 valence electrons. The van der Waals surface area contributed by atoms with Crippen molar-refractivity contribution in [2.75, 3.05) is 12.4 Å². The van der Waals surface area contributed by atoms with Gasteiger partial charge in [-0.1, -0.05) is 54.2 Å². The predicted octanol–water partition coefficient (Wildman–Crippen LogP) is 4.40. The maximum absolute atomic E-state index is 13.2. The summed E-state index contributed by atoms with van der Waals surface area (Å²) < 4.78 is 22.3. The predicted molar refractivity (Wildman–Crippen MR) is 123 cm³/mol. The molecule has 0 radical (unpaired) electrons. The van der Waals surface area contributed by atoms with Crippen LogP contribution >= 0.6 is 11.8 Å². The molecule has 6 nitrogen and oxygen atoms in total. The van der Waals surface area contributed by atoms with E-state index in [9.17, 15) is 9.18 Å². The molecular formula is C24H19FN4O2S. The van der Waals surface area contributed by atoms with Crippen LogP contribution in [0, 0.1) is 5.82 Å². The van der Waals surface area contributed by atoms with Gasteiger partial charge in [-0.05, 0) is 42.0 Å². The first-order valence-corrected chi connectivity index (χ1v) is 11.1. The minimum absolute atomic E-state index is 0.0967. The molecule has 32 heavy (non-hydrogen) atoms. The van der Waals surface area contributed by atoms with Crippen molar-refractivity contribution in [3.05, 3.63) is 101 Å². The minimum atomic E-state index is -0.296. The van der Waals surface area contributed by atoms with Crippen LogP contribution in [0.1, 0.15) is 5.56 Å². The second-order valence-corrected chi connectivity index (χ2v) is 8.22. The molecule has 0 aliphatic rings. The lowest BCUT2D eigenvalue weighted by atomic mass is 10.2. The van der Waals surface area contributed by atoms with Gasteiger partial charge in [-0.2, -0.15) is 0 Å². The van der Waals surface area contributed by atoms with Crippen LogP contribution < -0.4 is 10.3 Å². The van der Waals surface area contributed by atoms with E-state index < -0.39 is 0 Å². The lowest BCUT2D eigenvalue weighted by Crippen LogP contribution is -2.24. The first kappa shape index (κ1) is 20.3. The highest BCUT2D eigenvalue weighted by Crippen LogP contribution is 2.22. The SMILES string of the molecule is O=c1c2ccccc2n2c(SCCOc3ccc(F)cc3)nnc2n1Cc1ccccc1. The van der Waals surface area contributed by atoms with E-state index in [1.165, 1.54) is 23.9 Å². The molecule has 3 aromatic carbocycles. The molecule has 0 fully saturated rings. The summed E-state index contributed by atoms with van der Waals surface area (Å²) in [4.78, 5) is 13.2. The fourth-order valence-corrected chi connectivity index (χ4v) is 4.32. The van der Waals surface area contributed by atoms with E-state index in [0.29, 0.717) is 41.0 Å². The average molecular weight is 447 g/mol. The smallest absolute Gasteiger partial charge is 0.263 e. The van der Waals surface area contributed by atoms with Crippen molar-refractivity contribution in [2.45, 2.75) is 11.7 Å². The lowest BCUT2D eigenvalue weighted by molar-refractivity contribution is 0.343. The Bertz CT molecular complexity index is 1430. The van der Waals surface area contributed by atoms with E-state index in [4.69, 9.17) is 4.74 Å². The number of hydrogen-bond acceptors (Lipinski definition) is 5. The number of ether oxygens (including phenoxy) is 1. The minimum Gasteiger partial charge on any atom is -0.493 e. The molecule has 0 spiro atoms. The van der Waals surface area contributed by atoms with Crippen LogP contribution in [0.3, 0.4) is 0 Å². The number of halogens is 1. The molecule has 0 amide bonds. The van der Waals surface area contributed by atoms with Gasteiger partial charge in [0.2, 0.25) is 5.78 Å². The van der Waals surface area contributed by atoms with Crippen LogP contribution in [0.25, 0.3) is 16.7 Å². The maximum atomic E-state index is 13.2. The van der Waals surface area contributed by atoms with Gasteiger partial charge in [0.05, 0.1) is 24.1 Å². The van der Waals surface area contributed by atoms with Gasteiger partial charge >= 0.3 is 0 Å². The Morgan fingerprint density at radius 2 is 1.66 bits per heavy atom. The number of rotatable bonds is 7. The van der Waals surface area contributed by atoms with Crippen molar-refractivity contribution < 1.29 is 9.13 Å². The zero-order chi connectivity index (χ0) is 21.9. The fraction of sp³-hybridized carbons (Fsp3) is 0.125. The van der Waals surface area contributed by atoms with Gasteiger partial charge in [0.1, 0.15) is 11.6 Å². The van der Waals surface area contributed by atoms with E-state index in [-0.39, 0.29) is 11.4 Å². The highest BCUT2D eigenvalue weighted by molar-refractivity contribution is 7.99. The lowest BCUT2D eigenvalue weighted by Gasteiger charge is -2.11. The number of fused-ring (bicyclic) bond motifs is 3. The number of aromatic nitrogens is 4. The Labute approximate surface area is 187 Å². The third-order valence-electron chi connectivity index (χ3n) is 5.06. The monoisotopic (exact) mass is 446 g/mol. The van der Waals surface area contributed by atoms with Crippen LogP contribution in [0.2, 0.25) is 0 Å². The normalized spacial score (nSPS) is 11.3. The summed E-state index contributed by atoms with van der Waals surface area (Å²) in [6.07, 6.45) is 0. The molecule has 0 bridgehead atoms. The Hall–Kier alpha value is -3.65. The molecule has 0 aliphatic carbocycles. The molecule has 2 heterocycles. The van der Waals surface area contributed by atoms with Crippen LogP contribution in [-0.4, -0.2) is 31.5 Å². The van der Waals surface area contributed by atoms with E-state index in [1.807, 2.05) is 59.0 Å². The fourth-order valence-electron chi connectivity index (χ4n) is 3.56. The molecule has 0 unspecified atom stereocenters. The van der Waals surface area contributed by atoms with Crippen LogP contribution in [-0.2, 0) is 6.54 Å². The average Bonchev–Trinajstić information content (AvgIpc) is 3.25. The number of nitrogens with zero attached hydrogens (tertiary/aromatic N) is 4. The topological polar surface area (TPSA) is 61.4 Å². The van der Waals surface area contributed by atoms with Crippen LogP contribution in [0.4, 0.5) is 4.39 Å². The third kappa shape index (κ3) is 3.97. The van der Waals surface area contributed by atoms with Crippen LogP contribution in [0.5, 0.6) is 5.75 Å². The second-order valence-electron chi connectivity index (χ2n) is 7.16. The van der Waals surface area contributed by atoms with Gasteiger partial charge in [0, 0.05) is 5.75 Å². The van der Waals surface area contributed by atoms with E-state index in [0.717, 1.165) is 11.1 Å². The molecule has 0 atom stereocenters. The zero-order valence-electron chi connectivity index (χ0n) is 17.0. The van der Waals surface area contributed by atoms with Gasteiger partial charge in [-0.25, -0.2) is 4.39 Å². The Kier molecular flexibility index (Phi) is 5.60. The second kappa shape index (κ2) is 8.84. The highest BCUT2D eigenvalue weighted by atomic mass is 32.2. The molecule has 2 aromatic heterocycles. The molecule has 0 aliphatic heterocycles. The largest absolute Gasteiger partial charge is 0.493 e. The van der Waals surface area contributed by atoms with Crippen LogP contribution in [0.15, 0.2) is 88.8 Å². The highest BCUT2D eigenvalue weighted by Gasteiger charge is 2.17. The summed E-state index contributed by atoms with van der Waals surface area (Å²) in [7, 11) is 0. The number of para-hydroxylation sites is 1. The summed E-state index contributed by atoms with van der Waals surface area (Å²) in [5.41, 5.74) is 1.68. The number of benzene rings is 3. The molecule has 0 saturated carbocycles. The molecule has 0 saturated heterocycles. The molecule has 8 heteroatoms. The summed E-state index contributed by atoms with van der Waals surface area (Å²) in [5.74, 6) is 1.43. The first-order chi connectivity index (χ1) is 15.7. The number of thioether (sulfide) groups is 1. The van der Waals surface area contributed by atoms with Gasteiger partial charge in [0.15, 0.2) is 5.16 Å². The summed E-state index contributed by atoms with van der Waals surface area (Å²) in [5, 5.41) is 9.99. The van der Waals surface area contributed by atoms with E-state index in [2.05, 4.69) is 10.2 Å². The van der Waals surface area contributed by atoms with E-state index >= 15 is 0 Å². The van der Waals surface area contributed by atoms with Crippen molar-refractivity contribution in [1.29, 1.82) is 0 Å². The van der Waals surface area contributed by atoms with Crippen molar-refractivity contribution >= 4 is 28.4 Å². The quantitative estimate of drug-likeness (QED) is 0.274. The van der Waals surface area contributed by atoms with Gasteiger partial charge in [-0.15, -0.1) is 10.2 Å². The summed E-state index contributed by atoms with van der Waals surface area (Å²) in [6, 6.07) is 23.2. The molecular weight excluding hydrogens is 427 g/mol. The first-order valence-electron chi connectivity index (χ1n) is 10.1. The Morgan fingerprint density at radius 3 is 2.47 bits per heavy atom. The molecule has 5 aromatic rings. The van der Waals surface area contributed by atoms with Crippen molar-refractivity contribution in [3.63, 3.8) is 0 Å². The number of hydrogen-bond donors (Lipinski definition) is 0. The third-order valence-corrected chi connectivity index (χ3v) is 5.95. The van der Waals surface area contributed by atoms with Crippen molar-refractivity contribution in [3.8, 4) is 5.75 Å². The van der Waals surface area contributed by atoms with Crippen molar-refractivity contribution in [1.82, 2.24) is 19.2 Å². The molecule has 0 N–H and O–H groups in total. The standard InChI is InChI=1S/C24H19FN4O2S/c25-18-10-12-19(13-11-18)31-14-15-32-24-27-26-23-28(16-17-6-2-1-3-7-17)22(30)20-8-4-5-9-21(20)29(23)24/h1-13H,14-16H2. The van der Waals surface area contributed by atoms with Crippen molar-refractivity contribution in [2.24, 2.45) is 0 Å².